The lowest BCUT2D eigenvalue weighted by Gasteiger charge is -2.24. The van der Waals surface area contributed by atoms with E-state index in [1.54, 1.807) is 0 Å². The summed E-state index contributed by atoms with van der Waals surface area (Å²) in [4.78, 5) is 4.92. The average molecular weight is 717 g/mol. The highest BCUT2D eigenvalue weighted by atomic mass is 16.4. The van der Waals surface area contributed by atoms with Gasteiger partial charge in [-0.1, -0.05) is 160 Å². The zero-order valence-electron chi connectivity index (χ0n) is 31.4. The minimum Gasteiger partial charge on any atom is -0.422 e. The first-order chi connectivity index (χ1) is 27.4. The molecule has 0 bridgehead atoms. The Balaban J connectivity index is 1.32. The smallest absolute Gasteiger partial charge is 0.307 e. The van der Waals surface area contributed by atoms with E-state index in [0.29, 0.717) is 5.84 Å². The molecule has 0 saturated carbocycles. The monoisotopic (exact) mass is 716 g/mol. The molecule has 264 valence electrons. The number of hydrogen-bond acceptors (Lipinski definition) is 2. The molecule has 0 radical (unpaired) electrons. The molecule has 0 aliphatic heterocycles. The normalized spacial score (nSPS) is 12.6. The van der Waals surface area contributed by atoms with Gasteiger partial charge in [0.25, 0.3) is 0 Å². The summed E-state index contributed by atoms with van der Waals surface area (Å²) in [5, 5.41) is 14.9. The highest BCUT2D eigenvalue weighted by Crippen LogP contribution is 2.48. The van der Waals surface area contributed by atoms with E-state index in [4.69, 9.17) is 9.40 Å². The molecule has 0 fully saturated rings. The Morgan fingerprint density at radius 2 is 0.875 bits per heavy atom. The van der Waals surface area contributed by atoms with Crippen LogP contribution in [0, 0.1) is 0 Å². The fraction of sp³-hybridized carbons (Fsp3) is 0.0755. The first-order valence-corrected chi connectivity index (χ1v) is 19.5. The van der Waals surface area contributed by atoms with Crippen LogP contribution in [0.4, 0.5) is 0 Å². The molecule has 0 atom stereocenters. The molecule has 3 nitrogen and oxygen atoms in total. The molecule has 2 aromatic heterocycles. The van der Waals surface area contributed by atoms with E-state index in [1.165, 1.54) is 81.3 Å². The van der Waals surface area contributed by atoms with E-state index < -0.39 is 0 Å². The predicted molar refractivity (Wildman–Crippen MR) is 237 cm³/mol. The number of benzene rings is 8. The Morgan fingerprint density at radius 1 is 0.411 bits per heavy atom. The number of para-hydroxylation sites is 2. The van der Waals surface area contributed by atoms with E-state index in [9.17, 15) is 0 Å². The number of hydrogen-bond donors (Lipinski definition) is 0. The van der Waals surface area contributed by atoms with Crippen molar-refractivity contribution in [3.63, 3.8) is 0 Å². The molecule has 0 spiro atoms. The minimum atomic E-state index is -0.148. The summed E-state index contributed by atoms with van der Waals surface area (Å²) < 4.78 is 8.98. The van der Waals surface area contributed by atoms with E-state index >= 15 is 0 Å². The van der Waals surface area contributed by atoms with Gasteiger partial charge in [-0.05, 0) is 117 Å². The molecule has 0 N–H and O–H groups in total. The lowest BCUT2D eigenvalue weighted by atomic mass is 9.80. The third-order valence-electron chi connectivity index (χ3n) is 12.1. The second-order valence-corrected chi connectivity index (χ2v) is 16.3. The molecule has 12 rings (SSSR count). The Morgan fingerprint density at radius 3 is 1.43 bits per heavy atom. The number of nitrogens with zero attached hydrogens (tertiary/aromatic N) is 2. The van der Waals surface area contributed by atoms with Gasteiger partial charge in [0.1, 0.15) is 0 Å². The third-order valence-corrected chi connectivity index (χ3v) is 12.1. The summed E-state index contributed by atoms with van der Waals surface area (Å²) in [6, 6.07) is 60.4. The van der Waals surface area contributed by atoms with Crippen molar-refractivity contribution in [1.29, 1.82) is 0 Å². The number of imidazole rings is 1. The van der Waals surface area contributed by atoms with Gasteiger partial charge in [-0.25, -0.2) is 0 Å². The summed E-state index contributed by atoms with van der Waals surface area (Å²) in [7, 11) is 0. The SMILES string of the molecule is CC(C)(C)c1ccc2c(oc3nc4ccccc4n32)c1-c1ccc2c(c1)c1cccc3c1-c1c(cccc1c1ccccc12)c1ccccc1c1ccccc31. The second-order valence-electron chi connectivity index (χ2n) is 16.3. The van der Waals surface area contributed by atoms with Crippen molar-refractivity contribution in [2.75, 3.05) is 0 Å². The topological polar surface area (TPSA) is 30.4 Å². The van der Waals surface area contributed by atoms with E-state index in [-0.39, 0.29) is 5.41 Å². The third kappa shape index (κ3) is 4.26. The van der Waals surface area contributed by atoms with Crippen LogP contribution in [0.15, 0.2) is 168 Å². The van der Waals surface area contributed by atoms with Crippen LogP contribution in [0.2, 0.25) is 0 Å². The molecular weight excluding hydrogens is 681 g/mol. The van der Waals surface area contributed by atoms with Crippen LogP contribution >= 0.6 is 0 Å². The lowest BCUT2D eigenvalue weighted by molar-refractivity contribution is 0.589. The van der Waals surface area contributed by atoms with Crippen molar-refractivity contribution in [1.82, 2.24) is 9.38 Å². The summed E-state index contributed by atoms with van der Waals surface area (Å²) >= 11 is 0. The van der Waals surface area contributed by atoms with Crippen LogP contribution in [0.25, 0.3) is 115 Å². The molecule has 2 aliphatic rings. The first-order valence-electron chi connectivity index (χ1n) is 19.5. The van der Waals surface area contributed by atoms with Gasteiger partial charge in [0.15, 0.2) is 5.58 Å². The van der Waals surface area contributed by atoms with Crippen molar-refractivity contribution in [3.8, 4) is 22.3 Å². The van der Waals surface area contributed by atoms with Gasteiger partial charge >= 0.3 is 5.84 Å². The molecule has 2 aliphatic carbocycles. The zero-order chi connectivity index (χ0) is 37.3. The van der Waals surface area contributed by atoms with Gasteiger partial charge in [0, 0.05) is 5.56 Å². The van der Waals surface area contributed by atoms with E-state index in [2.05, 4.69) is 177 Å². The quantitative estimate of drug-likeness (QED) is 0.169. The van der Waals surface area contributed by atoms with Crippen LogP contribution in [0.1, 0.15) is 26.3 Å². The van der Waals surface area contributed by atoms with Gasteiger partial charge in [-0.15, -0.1) is 0 Å². The molecular formula is C53H36N2O. The van der Waals surface area contributed by atoms with Crippen molar-refractivity contribution >= 4 is 92.6 Å². The minimum absolute atomic E-state index is 0.148. The van der Waals surface area contributed by atoms with Crippen LogP contribution in [0.3, 0.4) is 0 Å². The molecule has 3 heteroatoms. The lowest BCUT2D eigenvalue weighted by Crippen LogP contribution is -2.13. The Labute approximate surface area is 323 Å². The molecule has 0 saturated heterocycles. The van der Waals surface area contributed by atoms with Crippen LogP contribution in [-0.4, -0.2) is 9.38 Å². The molecule has 56 heavy (non-hydrogen) atoms. The van der Waals surface area contributed by atoms with Crippen molar-refractivity contribution < 1.29 is 4.42 Å². The fourth-order valence-electron chi connectivity index (χ4n) is 9.72. The largest absolute Gasteiger partial charge is 0.422 e. The number of aromatic nitrogens is 2. The van der Waals surface area contributed by atoms with Gasteiger partial charge in [-0.3, -0.25) is 4.40 Å². The molecule has 2 heterocycles. The standard InChI is InChI=1S/C53H36N2O/c1-53(2,3)44-28-29-47-51(56-52-54-45-24-10-11-25-46(45)55(47)52)48(44)31-26-27-38-34-16-6-9-19-37(34)40-21-12-20-39-35-17-7-4-14-32(35)33-15-5-8-18-36(33)41-22-13-23-42(43(38)30-31)50(41)49(39)40/h4-30H,1-3H3. The van der Waals surface area contributed by atoms with Crippen molar-refractivity contribution in [3.05, 3.63) is 169 Å². The van der Waals surface area contributed by atoms with Gasteiger partial charge in [-0.2, -0.15) is 4.98 Å². The van der Waals surface area contributed by atoms with Gasteiger partial charge < -0.3 is 4.42 Å². The first kappa shape index (κ1) is 31.4. The van der Waals surface area contributed by atoms with Crippen molar-refractivity contribution in [2.45, 2.75) is 26.2 Å². The van der Waals surface area contributed by atoms with E-state index in [0.717, 1.165) is 33.3 Å². The molecule has 8 aromatic carbocycles. The summed E-state index contributed by atoms with van der Waals surface area (Å²) in [6.07, 6.45) is 0. The molecule has 10 aromatic rings. The Bertz CT molecular complexity index is 3630. The summed E-state index contributed by atoms with van der Waals surface area (Å²) in [5.74, 6) is 0.612. The molecule has 0 unspecified atom stereocenters. The highest BCUT2D eigenvalue weighted by Gasteiger charge is 2.26. The highest BCUT2D eigenvalue weighted by molar-refractivity contribution is 6.32. The number of fused-ring (bicyclic) bond motifs is 15. The summed E-state index contributed by atoms with van der Waals surface area (Å²) in [6.45, 7) is 6.87. The van der Waals surface area contributed by atoms with Gasteiger partial charge in [0.2, 0.25) is 0 Å². The zero-order valence-corrected chi connectivity index (χ0v) is 31.4. The van der Waals surface area contributed by atoms with Crippen LogP contribution in [0.5, 0.6) is 0 Å². The number of oxazole rings is 1. The Hall–Kier alpha value is -6.97. The van der Waals surface area contributed by atoms with Gasteiger partial charge in [0.05, 0.1) is 16.6 Å². The average Bonchev–Trinajstić information content (AvgIpc) is 3.78. The number of rotatable bonds is 1. The molecule has 0 amide bonds. The fourth-order valence-corrected chi connectivity index (χ4v) is 9.72. The maximum Gasteiger partial charge on any atom is 0.307 e. The Kier molecular flexibility index (Phi) is 6.32. The van der Waals surface area contributed by atoms with Crippen LogP contribution < -0.4 is 0 Å². The summed E-state index contributed by atoms with van der Waals surface area (Å²) in [5.41, 5.74) is 9.73. The maximum absolute atomic E-state index is 6.82. The second kappa shape index (κ2) is 11.3. The van der Waals surface area contributed by atoms with Crippen molar-refractivity contribution in [2.24, 2.45) is 0 Å². The maximum atomic E-state index is 6.82. The van der Waals surface area contributed by atoms with Crippen LogP contribution in [-0.2, 0) is 5.41 Å². The predicted octanol–water partition coefficient (Wildman–Crippen LogP) is 14.8. The van der Waals surface area contributed by atoms with E-state index in [1.807, 2.05) is 12.1 Å².